The van der Waals surface area contributed by atoms with Crippen LogP contribution in [0.3, 0.4) is 0 Å². The van der Waals surface area contributed by atoms with Crippen molar-refractivity contribution in [2.24, 2.45) is 0 Å². The molecule has 0 aromatic heterocycles. The Morgan fingerprint density at radius 3 is 2.29 bits per heavy atom. The second kappa shape index (κ2) is 6.55. The number of carbonyl (C=O) groups is 2. The number of ether oxygens (including phenoxy) is 2. The minimum Gasteiger partial charge on any atom is -0.444 e. The van der Waals surface area contributed by atoms with Gasteiger partial charge in [0, 0.05) is 0 Å². The van der Waals surface area contributed by atoms with Gasteiger partial charge in [-0.2, -0.15) is 0 Å². The van der Waals surface area contributed by atoms with E-state index in [1.54, 1.807) is 18.7 Å². The Labute approximate surface area is 143 Å². The van der Waals surface area contributed by atoms with E-state index < -0.39 is 29.6 Å². The zero-order chi connectivity index (χ0) is 18.1. The first-order chi connectivity index (χ1) is 11.0. The third-order valence-electron chi connectivity index (χ3n) is 3.96. The van der Waals surface area contributed by atoms with Crippen LogP contribution in [0.1, 0.15) is 47.1 Å². The van der Waals surface area contributed by atoms with E-state index in [0.29, 0.717) is 6.42 Å². The number of rotatable bonds is 3. The summed E-state index contributed by atoms with van der Waals surface area (Å²) in [6.45, 7) is 10.5. The van der Waals surface area contributed by atoms with Gasteiger partial charge in [-0.15, -0.1) is 0 Å². The summed E-state index contributed by atoms with van der Waals surface area (Å²) in [6, 6.07) is 9.39. The summed E-state index contributed by atoms with van der Waals surface area (Å²) in [7, 11) is 0. The number of ketones is 1. The van der Waals surface area contributed by atoms with Crippen molar-refractivity contribution in [2.75, 3.05) is 0 Å². The van der Waals surface area contributed by atoms with Gasteiger partial charge in [-0.25, -0.2) is 4.79 Å². The zero-order valence-electron chi connectivity index (χ0n) is 15.3. The van der Waals surface area contributed by atoms with Gasteiger partial charge in [0.05, 0.1) is 6.04 Å². The number of hydrogen-bond donors (Lipinski definition) is 0. The molecule has 0 N–H and O–H groups in total. The first kappa shape index (κ1) is 18.5. The molecule has 0 aliphatic carbocycles. The molecular formula is C19H27NO4. The molecule has 132 valence electrons. The number of hydrogen-bond acceptors (Lipinski definition) is 4. The van der Waals surface area contributed by atoms with Crippen LogP contribution in [-0.2, 0) is 20.7 Å². The summed E-state index contributed by atoms with van der Waals surface area (Å²) in [4.78, 5) is 26.4. The van der Waals surface area contributed by atoms with Gasteiger partial charge in [-0.1, -0.05) is 30.3 Å². The Kier molecular flexibility index (Phi) is 5.04. The van der Waals surface area contributed by atoms with E-state index >= 15 is 0 Å². The molecule has 5 nitrogen and oxygen atoms in total. The van der Waals surface area contributed by atoms with Gasteiger partial charge in [0.25, 0.3) is 0 Å². The van der Waals surface area contributed by atoms with E-state index in [2.05, 4.69) is 0 Å². The fourth-order valence-electron chi connectivity index (χ4n) is 3.05. The van der Waals surface area contributed by atoms with Crippen LogP contribution >= 0.6 is 0 Å². The molecule has 0 spiro atoms. The third-order valence-corrected chi connectivity index (χ3v) is 3.96. The lowest BCUT2D eigenvalue weighted by atomic mass is 9.98. The van der Waals surface area contributed by atoms with Gasteiger partial charge >= 0.3 is 6.09 Å². The normalized spacial score (nSPS) is 23.2. The number of carbonyl (C=O) groups excluding carboxylic acids is 2. The van der Waals surface area contributed by atoms with Gasteiger partial charge < -0.3 is 9.47 Å². The number of Topliss-reactive ketones (excluding diaryl/α,β-unsaturated/α-hetero) is 1. The fraction of sp³-hybridized carbons (Fsp3) is 0.579. The van der Waals surface area contributed by atoms with Crippen LogP contribution in [0, 0.1) is 0 Å². The fourth-order valence-corrected chi connectivity index (χ4v) is 3.05. The summed E-state index contributed by atoms with van der Waals surface area (Å²) in [5.74, 6) is -0.0879. The molecule has 1 aliphatic rings. The third kappa shape index (κ3) is 4.15. The van der Waals surface area contributed by atoms with Crippen molar-refractivity contribution in [3.63, 3.8) is 0 Å². The van der Waals surface area contributed by atoms with Gasteiger partial charge in [-0.3, -0.25) is 9.69 Å². The summed E-state index contributed by atoms with van der Waals surface area (Å²) in [5.41, 5.74) is -0.472. The van der Waals surface area contributed by atoms with E-state index in [4.69, 9.17) is 9.47 Å². The molecule has 0 unspecified atom stereocenters. The van der Waals surface area contributed by atoms with E-state index in [1.165, 1.54) is 6.92 Å². The Morgan fingerprint density at radius 2 is 1.79 bits per heavy atom. The molecule has 0 radical (unpaired) electrons. The molecule has 1 aliphatic heterocycles. The van der Waals surface area contributed by atoms with Crippen molar-refractivity contribution in [2.45, 2.75) is 71.4 Å². The lowest BCUT2D eigenvalue weighted by Crippen LogP contribution is -2.51. The van der Waals surface area contributed by atoms with Crippen molar-refractivity contribution >= 4 is 11.9 Å². The SMILES string of the molecule is CC(=O)[C@@H]1OC(C)(C)N(C(=O)OC(C)(C)C)[C@H]1Cc1ccccc1. The molecule has 2 atom stereocenters. The molecule has 1 fully saturated rings. The predicted molar refractivity (Wildman–Crippen MR) is 91.6 cm³/mol. The highest BCUT2D eigenvalue weighted by molar-refractivity contribution is 5.83. The Hall–Kier alpha value is -1.88. The molecule has 1 aromatic rings. The Balaban J connectivity index is 2.34. The summed E-state index contributed by atoms with van der Waals surface area (Å²) in [6.07, 6.45) is -0.585. The van der Waals surface area contributed by atoms with Crippen molar-refractivity contribution in [3.05, 3.63) is 35.9 Å². The highest BCUT2D eigenvalue weighted by Crippen LogP contribution is 2.35. The van der Waals surface area contributed by atoms with Gasteiger partial charge in [0.15, 0.2) is 5.78 Å². The van der Waals surface area contributed by atoms with E-state index in [1.807, 2.05) is 51.1 Å². The molecule has 24 heavy (non-hydrogen) atoms. The molecule has 0 bridgehead atoms. The molecular weight excluding hydrogens is 306 g/mol. The molecule has 1 aromatic carbocycles. The van der Waals surface area contributed by atoms with Crippen LogP contribution in [0.15, 0.2) is 30.3 Å². The first-order valence-corrected chi connectivity index (χ1v) is 8.26. The van der Waals surface area contributed by atoms with Crippen molar-refractivity contribution < 1.29 is 19.1 Å². The lowest BCUT2D eigenvalue weighted by molar-refractivity contribution is -0.134. The Morgan fingerprint density at radius 1 is 1.21 bits per heavy atom. The monoisotopic (exact) mass is 333 g/mol. The van der Waals surface area contributed by atoms with Crippen LogP contribution in [-0.4, -0.2) is 40.2 Å². The van der Waals surface area contributed by atoms with Crippen molar-refractivity contribution in [1.82, 2.24) is 4.90 Å². The smallest absolute Gasteiger partial charge is 0.412 e. The second-order valence-electron chi connectivity index (χ2n) is 7.70. The maximum absolute atomic E-state index is 12.8. The minimum atomic E-state index is -0.905. The van der Waals surface area contributed by atoms with Gasteiger partial charge in [0.1, 0.15) is 17.4 Å². The molecule has 5 heteroatoms. The average molecular weight is 333 g/mol. The lowest BCUT2D eigenvalue weighted by Gasteiger charge is -2.35. The van der Waals surface area contributed by atoms with Crippen molar-refractivity contribution in [3.8, 4) is 0 Å². The van der Waals surface area contributed by atoms with Gasteiger partial charge in [0.2, 0.25) is 0 Å². The van der Waals surface area contributed by atoms with Crippen LogP contribution in [0.5, 0.6) is 0 Å². The van der Waals surface area contributed by atoms with Crippen LogP contribution < -0.4 is 0 Å². The summed E-state index contributed by atoms with van der Waals surface area (Å²) in [5, 5.41) is 0. The van der Waals surface area contributed by atoms with Crippen molar-refractivity contribution in [1.29, 1.82) is 0 Å². The molecule has 0 saturated carbocycles. The Bertz CT molecular complexity index is 604. The highest BCUT2D eigenvalue weighted by Gasteiger charge is 2.52. The average Bonchev–Trinajstić information content (AvgIpc) is 2.69. The van der Waals surface area contributed by atoms with Crippen LogP contribution in [0.4, 0.5) is 4.79 Å². The molecule has 1 saturated heterocycles. The maximum atomic E-state index is 12.8. The number of nitrogens with zero attached hydrogens (tertiary/aromatic N) is 1. The second-order valence-corrected chi connectivity index (χ2v) is 7.70. The summed E-state index contributed by atoms with van der Waals surface area (Å²) >= 11 is 0. The quantitative estimate of drug-likeness (QED) is 0.849. The standard InChI is InChI=1S/C19H27NO4/c1-13(21)16-15(12-14-10-8-7-9-11-14)20(19(5,6)23-16)17(22)24-18(2,3)4/h7-11,15-16H,12H2,1-6H3/t15-,16-/m0/s1. The number of benzene rings is 1. The molecule has 1 amide bonds. The predicted octanol–water partition coefficient (Wildman–Crippen LogP) is 3.56. The molecule has 2 rings (SSSR count). The zero-order valence-corrected chi connectivity index (χ0v) is 15.3. The first-order valence-electron chi connectivity index (χ1n) is 8.26. The topological polar surface area (TPSA) is 55.8 Å². The van der Waals surface area contributed by atoms with Gasteiger partial charge in [-0.05, 0) is 53.5 Å². The summed E-state index contributed by atoms with van der Waals surface area (Å²) < 4.78 is 11.5. The largest absolute Gasteiger partial charge is 0.444 e. The maximum Gasteiger partial charge on any atom is 0.412 e. The minimum absolute atomic E-state index is 0.0879. The van der Waals surface area contributed by atoms with E-state index in [-0.39, 0.29) is 5.78 Å². The van der Waals surface area contributed by atoms with E-state index in [0.717, 1.165) is 5.56 Å². The van der Waals surface area contributed by atoms with Crippen LogP contribution in [0.25, 0.3) is 0 Å². The highest BCUT2D eigenvalue weighted by atomic mass is 16.6. The molecule has 1 heterocycles. The number of amides is 1. The van der Waals surface area contributed by atoms with E-state index in [9.17, 15) is 9.59 Å². The van der Waals surface area contributed by atoms with Crippen LogP contribution in [0.2, 0.25) is 0 Å².